The molecule has 0 radical (unpaired) electrons. The molecule has 1 unspecified atom stereocenters. The summed E-state index contributed by atoms with van der Waals surface area (Å²) in [6.45, 7) is 4.64. The van der Waals surface area contributed by atoms with E-state index in [9.17, 15) is 9.50 Å². The first-order valence-electron chi connectivity index (χ1n) is 10.6. The van der Waals surface area contributed by atoms with E-state index in [1.807, 2.05) is 6.07 Å². The number of nitrogens with zero attached hydrogens (tertiary/aromatic N) is 2. The molecule has 0 bridgehead atoms. The third-order valence-electron chi connectivity index (χ3n) is 6.74. The first-order chi connectivity index (χ1) is 13.7. The van der Waals surface area contributed by atoms with Crippen molar-refractivity contribution in [3.63, 3.8) is 0 Å². The number of aryl methyl sites for hydroxylation is 2. The Hall–Kier alpha value is -1.78. The normalized spacial score (nSPS) is 28.5. The molecule has 0 spiro atoms. The van der Waals surface area contributed by atoms with Crippen molar-refractivity contribution in [3.8, 4) is 0 Å². The van der Waals surface area contributed by atoms with Crippen LogP contribution in [-0.4, -0.2) is 41.3 Å². The topological polar surface area (TPSA) is 36.4 Å². The van der Waals surface area contributed by atoms with Crippen molar-refractivity contribution in [2.24, 2.45) is 11.8 Å². The van der Waals surface area contributed by atoms with E-state index in [1.54, 1.807) is 6.20 Å². The van der Waals surface area contributed by atoms with Crippen molar-refractivity contribution in [2.45, 2.75) is 44.6 Å². The van der Waals surface area contributed by atoms with Gasteiger partial charge in [-0.1, -0.05) is 30.3 Å². The Morgan fingerprint density at radius 3 is 2.86 bits per heavy atom. The van der Waals surface area contributed by atoms with Crippen LogP contribution in [0.4, 0.5) is 4.39 Å². The fourth-order valence-electron chi connectivity index (χ4n) is 5.24. The van der Waals surface area contributed by atoms with E-state index in [-0.39, 0.29) is 12.6 Å². The number of pyridine rings is 1. The first-order valence-corrected chi connectivity index (χ1v) is 10.6. The largest absolute Gasteiger partial charge is 0.387 e. The lowest BCUT2D eigenvalue weighted by Crippen LogP contribution is -2.43. The zero-order valence-electron chi connectivity index (χ0n) is 16.7. The van der Waals surface area contributed by atoms with Gasteiger partial charge in [0.15, 0.2) is 0 Å². The van der Waals surface area contributed by atoms with Crippen LogP contribution in [0.3, 0.4) is 0 Å². The molecule has 1 fully saturated rings. The van der Waals surface area contributed by atoms with Crippen LogP contribution in [0.2, 0.25) is 0 Å². The Labute approximate surface area is 167 Å². The number of halogens is 1. The van der Waals surface area contributed by atoms with Crippen LogP contribution >= 0.6 is 0 Å². The zero-order valence-corrected chi connectivity index (χ0v) is 16.7. The Morgan fingerprint density at radius 2 is 2.04 bits per heavy atom. The molecule has 0 saturated carbocycles. The maximum Gasteiger partial charge on any atom is 0.0965 e. The number of rotatable bonds is 4. The molecule has 4 rings (SSSR count). The molecule has 4 atom stereocenters. The van der Waals surface area contributed by atoms with Gasteiger partial charge in [-0.25, -0.2) is 0 Å². The van der Waals surface area contributed by atoms with Crippen molar-refractivity contribution in [1.29, 1.82) is 0 Å². The number of piperidine rings is 1. The Balaban J connectivity index is 1.40. The van der Waals surface area contributed by atoms with Crippen molar-refractivity contribution < 1.29 is 9.50 Å². The van der Waals surface area contributed by atoms with Crippen LogP contribution in [-0.2, 0) is 6.42 Å². The van der Waals surface area contributed by atoms with E-state index in [0.29, 0.717) is 11.8 Å². The summed E-state index contributed by atoms with van der Waals surface area (Å²) >= 11 is 0. The van der Waals surface area contributed by atoms with Gasteiger partial charge in [-0.3, -0.25) is 9.37 Å². The van der Waals surface area contributed by atoms with Gasteiger partial charge in [0, 0.05) is 25.2 Å². The Morgan fingerprint density at radius 1 is 1.18 bits per heavy atom. The van der Waals surface area contributed by atoms with Crippen molar-refractivity contribution in [2.75, 3.05) is 26.3 Å². The summed E-state index contributed by atoms with van der Waals surface area (Å²) in [6, 6.07) is 12.5. The molecule has 3 nitrogen and oxygen atoms in total. The maximum absolute atomic E-state index is 13.9. The molecular formula is C24H31FN2O. The molecule has 1 saturated heterocycles. The van der Waals surface area contributed by atoms with Crippen LogP contribution in [0.15, 0.2) is 42.6 Å². The summed E-state index contributed by atoms with van der Waals surface area (Å²) in [6.07, 6.45) is 5.08. The summed E-state index contributed by atoms with van der Waals surface area (Å²) in [5.74, 6) is 0.805. The van der Waals surface area contributed by atoms with Gasteiger partial charge in [0.25, 0.3) is 0 Å². The quantitative estimate of drug-likeness (QED) is 0.794. The Kier molecular flexibility index (Phi) is 6.07. The molecule has 1 aromatic heterocycles. The Bertz CT molecular complexity index is 796. The van der Waals surface area contributed by atoms with E-state index in [0.717, 1.165) is 51.0 Å². The number of fused-ring (bicyclic) bond motifs is 1. The SMILES string of the molecule is Cc1ccccc1[C@@H]1CCN(CC2CCc3cccnc3[C@@H](O)C2)C[C@H]1CF. The number of hydrogen-bond donors (Lipinski definition) is 1. The molecule has 2 heterocycles. The highest BCUT2D eigenvalue weighted by Crippen LogP contribution is 2.37. The van der Waals surface area contributed by atoms with Gasteiger partial charge < -0.3 is 10.0 Å². The second-order valence-corrected chi connectivity index (χ2v) is 8.63. The molecule has 4 heteroatoms. The monoisotopic (exact) mass is 382 g/mol. The lowest BCUT2D eigenvalue weighted by molar-refractivity contribution is 0.0900. The minimum Gasteiger partial charge on any atom is -0.387 e. The number of hydrogen-bond acceptors (Lipinski definition) is 3. The zero-order chi connectivity index (χ0) is 19.5. The summed E-state index contributed by atoms with van der Waals surface area (Å²) < 4.78 is 13.9. The number of benzene rings is 1. The predicted octanol–water partition coefficient (Wildman–Crippen LogP) is 4.45. The van der Waals surface area contributed by atoms with Gasteiger partial charge >= 0.3 is 0 Å². The smallest absolute Gasteiger partial charge is 0.0965 e. The third-order valence-corrected chi connectivity index (χ3v) is 6.74. The second kappa shape index (κ2) is 8.71. The van der Waals surface area contributed by atoms with Crippen molar-refractivity contribution in [3.05, 3.63) is 65.0 Å². The van der Waals surface area contributed by atoms with Crippen LogP contribution < -0.4 is 0 Å². The summed E-state index contributed by atoms with van der Waals surface area (Å²) in [5.41, 5.74) is 4.62. The highest BCUT2D eigenvalue weighted by Gasteiger charge is 2.33. The number of aromatic nitrogens is 1. The standard InChI is InChI=1S/C24H31FN2O/c1-17-5-2-3-7-21(17)22-10-12-27(16-20(22)14-25)15-18-8-9-19-6-4-11-26-24(19)23(28)13-18/h2-7,11,18,20,22-23,28H,8-10,12-16H2,1H3/t18?,20-,22-,23+/m1/s1. The number of likely N-dealkylation sites (tertiary alicyclic amines) is 1. The predicted molar refractivity (Wildman–Crippen MR) is 110 cm³/mol. The van der Waals surface area contributed by atoms with E-state index in [4.69, 9.17) is 0 Å². The number of alkyl halides is 1. The lowest BCUT2D eigenvalue weighted by atomic mass is 9.79. The van der Waals surface area contributed by atoms with Gasteiger partial charge in [-0.2, -0.15) is 0 Å². The van der Waals surface area contributed by atoms with Crippen LogP contribution in [0.5, 0.6) is 0 Å². The summed E-state index contributed by atoms with van der Waals surface area (Å²) in [4.78, 5) is 6.84. The minimum absolute atomic E-state index is 0.0596. The first kappa shape index (κ1) is 19.5. The minimum atomic E-state index is -0.481. The highest BCUT2D eigenvalue weighted by atomic mass is 19.1. The second-order valence-electron chi connectivity index (χ2n) is 8.63. The fraction of sp³-hybridized carbons (Fsp3) is 0.542. The van der Waals surface area contributed by atoms with E-state index in [2.05, 4.69) is 47.1 Å². The third kappa shape index (κ3) is 4.13. The molecule has 28 heavy (non-hydrogen) atoms. The van der Waals surface area contributed by atoms with Gasteiger partial charge in [0.2, 0.25) is 0 Å². The van der Waals surface area contributed by atoms with Gasteiger partial charge in [-0.05, 0) is 73.7 Å². The van der Waals surface area contributed by atoms with E-state index < -0.39 is 6.10 Å². The number of aliphatic hydroxyl groups excluding tert-OH is 1. The maximum atomic E-state index is 13.9. The van der Waals surface area contributed by atoms with Crippen molar-refractivity contribution >= 4 is 0 Å². The molecule has 1 N–H and O–H groups in total. The highest BCUT2D eigenvalue weighted by molar-refractivity contribution is 5.30. The molecule has 1 aromatic carbocycles. The van der Waals surface area contributed by atoms with Gasteiger partial charge in [0.1, 0.15) is 0 Å². The number of aliphatic hydroxyl groups is 1. The fourth-order valence-corrected chi connectivity index (χ4v) is 5.24. The molecule has 2 aromatic rings. The van der Waals surface area contributed by atoms with E-state index in [1.165, 1.54) is 16.7 Å². The molecule has 0 amide bonds. The van der Waals surface area contributed by atoms with Crippen LogP contribution in [0.1, 0.15) is 53.7 Å². The van der Waals surface area contributed by atoms with Gasteiger partial charge in [-0.15, -0.1) is 0 Å². The molecule has 2 aliphatic rings. The molecule has 150 valence electrons. The summed E-state index contributed by atoms with van der Waals surface area (Å²) in [7, 11) is 0. The van der Waals surface area contributed by atoms with Crippen LogP contribution in [0, 0.1) is 18.8 Å². The van der Waals surface area contributed by atoms with Crippen molar-refractivity contribution in [1.82, 2.24) is 9.88 Å². The average Bonchev–Trinajstić information content (AvgIpc) is 2.87. The lowest BCUT2D eigenvalue weighted by Gasteiger charge is -2.39. The molecule has 1 aliphatic carbocycles. The van der Waals surface area contributed by atoms with Crippen LogP contribution in [0.25, 0.3) is 0 Å². The summed E-state index contributed by atoms with van der Waals surface area (Å²) in [5, 5.41) is 10.6. The van der Waals surface area contributed by atoms with Gasteiger partial charge in [0.05, 0.1) is 18.5 Å². The van der Waals surface area contributed by atoms with E-state index >= 15 is 0 Å². The molecular weight excluding hydrogens is 351 g/mol. The average molecular weight is 383 g/mol. The molecule has 1 aliphatic heterocycles.